The first-order valence-corrected chi connectivity index (χ1v) is 4.73. The number of nitrogens with one attached hydrogen (secondary N) is 1. The van der Waals surface area contributed by atoms with E-state index in [1.807, 2.05) is 0 Å². The third-order valence-corrected chi connectivity index (χ3v) is 1.93. The van der Waals surface area contributed by atoms with Gasteiger partial charge >= 0.3 is 0 Å². The zero-order valence-electron chi connectivity index (χ0n) is 8.75. The van der Waals surface area contributed by atoms with Gasteiger partial charge in [-0.05, 0) is 0 Å². The van der Waals surface area contributed by atoms with E-state index in [1.54, 1.807) is 7.11 Å². The van der Waals surface area contributed by atoms with Crippen LogP contribution >= 0.6 is 0 Å². The van der Waals surface area contributed by atoms with Gasteiger partial charge in [0.25, 0.3) is 0 Å². The number of nitrogens with zero attached hydrogens (tertiary/aromatic N) is 4. The first-order chi connectivity index (χ1) is 7.79. The van der Waals surface area contributed by atoms with E-state index in [9.17, 15) is 0 Å². The molecule has 0 spiro atoms. The molecule has 2 heterocycles. The van der Waals surface area contributed by atoms with Gasteiger partial charge in [-0.1, -0.05) is 5.16 Å². The minimum atomic E-state index is -0.157. The fourth-order valence-corrected chi connectivity index (χ4v) is 1.25. The van der Waals surface area contributed by atoms with Crippen LogP contribution in [0.1, 0.15) is 5.89 Å². The van der Waals surface area contributed by atoms with Crippen molar-refractivity contribution in [1.29, 1.82) is 0 Å². The van der Waals surface area contributed by atoms with Crippen molar-refractivity contribution in [3.05, 3.63) is 12.1 Å². The van der Waals surface area contributed by atoms with E-state index in [0.29, 0.717) is 30.4 Å². The van der Waals surface area contributed by atoms with Crippen LogP contribution in [-0.2, 0) is 11.2 Å². The smallest absolute Gasteiger partial charge is 0.228 e. The molecule has 0 aromatic carbocycles. The molecule has 0 bridgehead atoms. The lowest BCUT2D eigenvalue weighted by atomic mass is 10.2. The Kier molecular flexibility index (Phi) is 3.22. The molecular formula is C8H12N6O2. The maximum atomic E-state index is 5.76. The Hall–Kier alpha value is -1.80. The number of aromatic nitrogens is 5. The summed E-state index contributed by atoms with van der Waals surface area (Å²) < 4.78 is 9.94. The first-order valence-electron chi connectivity index (χ1n) is 4.73. The van der Waals surface area contributed by atoms with Crippen molar-refractivity contribution in [2.75, 3.05) is 13.7 Å². The number of rotatable bonds is 5. The van der Waals surface area contributed by atoms with Crippen molar-refractivity contribution in [2.24, 2.45) is 5.73 Å². The van der Waals surface area contributed by atoms with E-state index in [-0.39, 0.29) is 6.04 Å². The molecule has 0 aliphatic rings. The summed E-state index contributed by atoms with van der Waals surface area (Å²) in [5.41, 5.74) is 6.29. The maximum Gasteiger partial charge on any atom is 0.228 e. The molecule has 8 heteroatoms. The highest BCUT2D eigenvalue weighted by Crippen LogP contribution is 2.11. The molecular weight excluding hydrogens is 212 g/mol. The lowest BCUT2D eigenvalue weighted by Gasteiger charge is -2.05. The Balaban J connectivity index is 2.03. The number of nitrogens with two attached hydrogens (primary N) is 1. The molecule has 8 nitrogen and oxygen atoms in total. The van der Waals surface area contributed by atoms with Crippen molar-refractivity contribution >= 4 is 0 Å². The van der Waals surface area contributed by atoms with E-state index in [0.717, 1.165) is 0 Å². The monoisotopic (exact) mass is 224 g/mol. The molecule has 3 N–H and O–H groups in total. The summed E-state index contributed by atoms with van der Waals surface area (Å²) in [7, 11) is 1.59. The summed E-state index contributed by atoms with van der Waals surface area (Å²) in [6, 6.07) is -0.157. The Morgan fingerprint density at radius 3 is 3.19 bits per heavy atom. The summed E-state index contributed by atoms with van der Waals surface area (Å²) in [6.45, 7) is 0.446. The highest BCUT2D eigenvalue weighted by atomic mass is 16.5. The molecule has 0 radical (unpaired) electrons. The van der Waals surface area contributed by atoms with E-state index < -0.39 is 0 Å². The van der Waals surface area contributed by atoms with Gasteiger partial charge in [0.05, 0.1) is 12.8 Å². The lowest BCUT2D eigenvalue weighted by Crippen LogP contribution is -2.28. The third-order valence-electron chi connectivity index (χ3n) is 1.93. The zero-order valence-corrected chi connectivity index (χ0v) is 8.75. The van der Waals surface area contributed by atoms with Gasteiger partial charge in [0, 0.05) is 19.6 Å². The first kappa shape index (κ1) is 10.7. The molecule has 0 amide bonds. The minimum Gasteiger partial charge on any atom is -0.383 e. The van der Waals surface area contributed by atoms with Crippen LogP contribution in [0.3, 0.4) is 0 Å². The summed E-state index contributed by atoms with van der Waals surface area (Å²) in [6.07, 6.45) is 1.99. The number of H-pyrrole nitrogens is 1. The van der Waals surface area contributed by atoms with Gasteiger partial charge in [0.2, 0.25) is 11.7 Å². The molecule has 86 valence electrons. The average Bonchev–Trinajstić information content (AvgIpc) is 2.86. The van der Waals surface area contributed by atoms with Gasteiger partial charge in [-0.15, -0.1) is 0 Å². The molecule has 0 saturated heterocycles. The summed E-state index contributed by atoms with van der Waals surface area (Å²) in [4.78, 5) is 4.14. The molecule has 0 aliphatic carbocycles. The van der Waals surface area contributed by atoms with Crippen molar-refractivity contribution in [1.82, 2.24) is 25.6 Å². The van der Waals surface area contributed by atoms with Crippen molar-refractivity contribution in [3.63, 3.8) is 0 Å². The highest BCUT2D eigenvalue weighted by Gasteiger charge is 2.13. The average molecular weight is 224 g/mol. The van der Waals surface area contributed by atoms with Crippen LogP contribution in [0.4, 0.5) is 0 Å². The van der Waals surface area contributed by atoms with Gasteiger partial charge in [-0.3, -0.25) is 0 Å². The van der Waals surface area contributed by atoms with Gasteiger partial charge in [-0.25, -0.2) is 0 Å². The van der Waals surface area contributed by atoms with E-state index in [4.69, 9.17) is 15.0 Å². The maximum absolute atomic E-state index is 5.76. The van der Waals surface area contributed by atoms with Gasteiger partial charge < -0.3 is 15.0 Å². The second-order valence-corrected chi connectivity index (χ2v) is 3.29. The van der Waals surface area contributed by atoms with E-state index in [2.05, 4.69) is 25.6 Å². The number of methoxy groups -OCH3 is 1. The fourth-order valence-electron chi connectivity index (χ4n) is 1.25. The van der Waals surface area contributed by atoms with Gasteiger partial charge in [-0.2, -0.15) is 20.4 Å². The number of hydrogen-bond donors (Lipinski definition) is 2. The van der Waals surface area contributed by atoms with Crippen LogP contribution in [0.2, 0.25) is 0 Å². The topological polar surface area (TPSA) is 116 Å². The molecule has 1 atom stereocenters. The minimum absolute atomic E-state index is 0.157. The Bertz CT molecular complexity index is 425. The molecule has 2 aromatic rings. The van der Waals surface area contributed by atoms with Crippen molar-refractivity contribution in [3.8, 4) is 11.5 Å². The largest absolute Gasteiger partial charge is 0.383 e. The molecule has 0 aliphatic heterocycles. The summed E-state index contributed by atoms with van der Waals surface area (Å²) in [5.74, 6) is 0.857. The predicted molar refractivity (Wildman–Crippen MR) is 53.2 cm³/mol. The Labute approximate surface area is 91.2 Å². The molecule has 0 saturated carbocycles. The molecule has 16 heavy (non-hydrogen) atoms. The fraction of sp³-hybridized carbons (Fsp3) is 0.500. The van der Waals surface area contributed by atoms with Gasteiger partial charge in [0.1, 0.15) is 0 Å². The van der Waals surface area contributed by atoms with Crippen LogP contribution in [0, 0.1) is 0 Å². The number of aromatic amines is 1. The summed E-state index contributed by atoms with van der Waals surface area (Å²) in [5, 5.41) is 13.7. The molecule has 2 aromatic heterocycles. The van der Waals surface area contributed by atoms with Crippen molar-refractivity contribution in [2.45, 2.75) is 12.5 Å². The van der Waals surface area contributed by atoms with Crippen LogP contribution in [0.15, 0.2) is 10.7 Å². The third kappa shape index (κ3) is 2.41. The normalized spacial score (nSPS) is 12.9. The second kappa shape index (κ2) is 4.81. The predicted octanol–water partition coefficient (Wildman–Crippen LogP) is -0.629. The highest BCUT2D eigenvalue weighted by molar-refractivity contribution is 5.44. The van der Waals surface area contributed by atoms with E-state index >= 15 is 0 Å². The molecule has 1 unspecified atom stereocenters. The second-order valence-electron chi connectivity index (χ2n) is 3.29. The van der Waals surface area contributed by atoms with Crippen LogP contribution in [0.5, 0.6) is 0 Å². The van der Waals surface area contributed by atoms with E-state index in [1.165, 1.54) is 6.20 Å². The lowest BCUT2D eigenvalue weighted by molar-refractivity contribution is 0.176. The Morgan fingerprint density at radius 2 is 2.50 bits per heavy atom. The van der Waals surface area contributed by atoms with Crippen molar-refractivity contribution < 1.29 is 9.26 Å². The van der Waals surface area contributed by atoms with Crippen LogP contribution in [-0.4, -0.2) is 45.3 Å². The quantitative estimate of drug-likeness (QED) is 0.694. The molecule has 2 rings (SSSR count). The zero-order chi connectivity index (χ0) is 11.4. The number of ether oxygens (including phenoxy) is 1. The van der Waals surface area contributed by atoms with Gasteiger partial charge in [0.15, 0.2) is 5.69 Å². The van der Waals surface area contributed by atoms with Crippen LogP contribution in [0.25, 0.3) is 11.5 Å². The number of hydrogen-bond acceptors (Lipinski definition) is 7. The molecule has 0 fully saturated rings. The summed E-state index contributed by atoms with van der Waals surface area (Å²) >= 11 is 0. The SMILES string of the molecule is COCC(N)Cc1nc(-c2cn[nH]n2)no1. The van der Waals surface area contributed by atoms with Crippen LogP contribution < -0.4 is 5.73 Å². The Morgan fingerprint density at radius 1 is 1.62 bits per heavy atom. The standard InChI is InChI=1S/C8H12N6O2/c1-15-4-5(9)2-7-11-8(13-16-7)6-3-10-14-12-6/h3,5H,2,4,9H2,1H3,(H,10,12,14).